The van der Waals surface area contributed by atoms with Gasteiger partial charge in [0.2, 0.25) is 5.91 Å². The van der Waals surface area contributed by atoms with Gasteiger partial charge in [-0.15, -0.1) is 0 Å². The number of hydrogen-bond acceptors (Lipinski definition) is 5. The van der Waals surface area contributed by atoms with Gasteiger partial charge in [-0.3, -0.25) is 9.59 Å². The van der Waals surface area contributed by atoms with Gasteiger partial charge in [0, 0.05) is 36.8 Å². The number of nitrogens with zero attached hydrogens (tertiary/aromatic N) is 3. The minimum absolute atomic E-state index is 0.0303. The Morgan fingerprint density at radius 1 is 1.24 bits per heavy atom. The van der Waals surface area contributed by atoms with Gasteiger partial charge in [-0.1, -0.05) is 11.6 Å². The summed E-state index contributed by atoms with van der Waals surface area (Å²) in [7, 11) is 0. The number of benzene rings is 1. The van der Waals surface area contributed by atoms with E-state index in [9.17, 15) is 9.59 Å². The second-order valence-electron chi connectivity index (χ2n) is 9.75. The van der Waals surface area contributed by atoms with Crippen molar-refractivity contribution >= 4 is 22.8 Å². The highest BCUT2D eigenvalue weighted by atomic mass is 16.5. The fraction of sp³-hybridized carbons (Fsp3) is 0.462. The van der Waals surface area contributed by atoms with Crippen molar-refractivity contribution in [2.24, 2.45) is 5.92 Å². The first-order valence-electron chi connectivity index (χ1n) is 12.0. The van der Waals surface area contributed by atoms with Gasteiger partial charge in [0.15, 0.2) is 0 Å². The number of nitrogens with one attached hydrogen (secondary N) is 2. The number of fused-ring (bicyclic) bond motifs is 1. The van der Waals surface area contributed by atoms with E-state index in [1.165, 1.54) is 19.2 Å². The summed E-state index contributed by atoms with van der Waals surface area (Å²) in [4.78, 5) is 39.4. The van der Waals surface area contributed by atoms with Crippen LogP contribution >= 0.6 is 0 Å². The molecule has 8 heteroatoms. The Balaban J connectivity index is 1.47. The largest absolute Gasteiger partial charge is 0.493 e. The molecule has 1 aliphatic heterocycles. The molecule has 0 radical (unpaired) electrons. The molecular weight excluding hydrogens is 430 g/mol. The van der Waals surface area contributed by atoms with Gasteiger partial charge in [0.1, 0.15) is 23.3 Å². The maximum Gasteiger partial charge on any atom is 0.255 e. The molecule has 0 spiro atoms. The Labute approximate surface area is 199 Å². The summed E-state index contributed by atoms with van der Waals surface area (Å²) in [6, 6.07) is 6.12. The molecule has 2 aliphatic rings. The SMILES string of the molecule is CC(=O)N1C[C@@H](NC(=O)c2c(C)[nH]c3c(-c4cc(C)ccc4OCC4CC4)ncnc23)C[C@@H]1C. The molecule has 3 heterocycles. The number of aromatic amines is 1. The van der Waals surface area contributed by atoms with E-state index in [0.717, 1.165) is 40.2 Å². The Kier molecular flexibility index (Phi) is 5.75. The zero-order chi connectivity index (χ0) is 24.0. The number of carbonyl (C=O) groups excluding carboxylic acids is 2. The number of ether oxygens (including phenoxy) is 1. The fourth-order valence-corrected chi connectivity index (χ4v) is 4.88. The lowest BCUT2D eigenvalue weighted by Crippen LogP contribution is -2.38. The molecule has 1 aliphatic carbocycles. The predicted octanol–water partition coefficient (Wildman–Crippen LogP) is 3.77. The van der Waals surface area contributed by atoms with Crippen molar-refractivity contribution in [3.05, 3.63) is 41.3 Å². The number of amides is 2. The highest BCUT2D eigenvalue weighted by Gasteiger charge is 2.33. The first-order chi connectivity index (χ1) is 16.3. The second-order valence-corrected chi connectivity index (χ2v) is 9.75. The van der Waals surface area contributed by atoms with Crippen LogP contribution in [0, 0.1) is 19.8 Å². The van der Waals surface area contributed by atoms with Crippen molar-refractivity contribution < 1.29 is 14.3 Å². The number of rotatable bonds is 6. The van der Waals surface area contributed by atoms with Gasteiger partial charge in [-0.2, -0.15) is 0 Å². The minimum atomic E-state index is -0.189. The molecule has 2 fully saturated rings. The minimum Gasteiger partial charge on any atom is -0.493 e. The molecule has 3 aromatic rings. The molecule has 2 amide bonds. The summed E-state index contributed by atoms with van der Waals surface area (Å²) < 4.78 is 6.15. The van der Waals surface area contributed by atoms with E-state index in [0.29, 0.717) is 30.1 Å². The molecule has 8 nitrogen and oxygen atoms in total. The van der Waals surface area contributed by atoms with Crippen LogP contribution in [0.2, 0.25) is 0 Å². The number of hydrogen-bond donors (Lipinski definition) is 2. The van der Waals surface area contributed by atoms with Crippen LogP contribution in [0.5, 0.6) is 5.75 Å². The number of H-pyrrole nitrogens is 1. The Hall–Kier alpha value is -3.42. The van der Waals surface area contributed by atoms with Crippen LogP contribution in [0.1, 0.15) is 54.7 Å². The van der Waals surface area contributed by atoms with Gasteiger partial charge >= 0.3 is 0 Å². The summed E-state index contributed by atoms with van der Waals surface area (Å²) in [6.45, 7) is 8.72. The van der Waals surface area contributed by atoms with Crippen molar-refractivity contribution in [3.63, 3.8) is 0 Å². The van der Waals surface area contributed by atoms with Crippen molar-refractivity contribution in [1.82, 2.24) is 25.2 Å². The molecule has 1 aromatic carbocycles. The van der Waals surface area contributed by atoms with E-state index in [1.54, 1.807) is 11.8 Å². The van der Waals surface area contributed by atoms with Crippen LogP contribution < -0.4 is 10.1 Å². The van der Waals surface area contributed by atoms with Gasteiger partial charge in [-0.05, 0) is 58.1 Å². The summed E-state index contributed by atoms with van der Waals surface area (Å²) in [5.41, 5.74) is 5.27. The Bertz CT molecular complexity index is 1260. The lowest BCUT2D eigenvalue weighted by molar-refractivity contribution is -0.129. The standard InChI is InChI=1S/C26H31N5O3/c1-14-5-8-21(34-12-18-6-7-18)20(9-14)23-25-24(28-13-27-23)22(16(3)29-25)26(33)30-19-10-15(2)31(11-19)17(4)32/h5,8-9,13,15,18-19,29H,6-7,10-12H2,1-4H3,(H,30,33)/t15-,19-/m0/s1. The molecule has 5 rings (SSSR count). The van der Waals surface area contributed by atoms with E-state index in [1.807, 2.05) is 32.9 Å². The number of likely N-dealkylation sites (tertiary alicyclic amines) is 1. The molecule has 1 saturated carbocycles. The summed E-state index contributed by atoms with van der Waals surface area (Å²) in [5, 5.41) is 3.11. The first kappa shape index (κ1) is 22.4. The maximum absolute atomic E-state index is 13.3. The average Bonchev–Trinajstić information content (AvgIpc) is 3.45. The van der Waals surface area contributed by atoms with Gasteiger partial charge in [-0.25, -0.2) is 9.97 Å². The van der Waals surface area contributed by atoms with Crippen LogP contribution in [0.3, 0.4) is 0 Å². The smallest absolute Gasteiger partial charge is 0.255 e. The third kappa shape index (κ3) is 4.24. The molecule has 1 saturated heterocycles. The molecule has 0 bridgehead atoms. The van der Waals surface area contributed by atoms with Crippen molar-refractivity contribution in [1.29, 1.82) is 0 Å². The van der Waals surface area contributed by atoms with Crippen LogP contribution in [0.4, 0.5) is 0 Å². The van der Waals surface area contributed by atoms with E-state index < -0.39 is 0 Å². The Morgan fingerprint density at radius 2 is 2.03 bits per heavy atom. The van der Waals surface area contributed by atoms with E-state index >= 15 is 0 Å². The number of carbonyl (C=O) groups is 2. The molecule has 2 atom stereocenters. The Morgan fingerprint density at radius 3 is 2.74 bits per heavy atom. The third-order valence-corrected chi connectivity index (χ3v) is 6.87. The molecule has 2 aromatic heterocycles. The summed E-state index contributed by atoms with van der Waals surface area (Å²) in [5.74, 6) is 1.27. The van der Waals surface area contributed by atoms with E-state index in [-0.39, 0.29) is 23.9 Å². The van der Waals surface area contributed by atoms with Gasteiger partial charge in [0.05, 0.1) is 17.7 Å². The van der Waals surface area contributed by atoms with Crippen molar-refractivity contribution in [3.8, 4) is 17.0 Å². The second kappa shape index (κ2) is 8.74. The maximum atomic E-state index is 13.3. The predicted molar refractivity (Wildman–Crippen MR) is 130 cm³/mol. The molecule has 178 valence electrons. The third-order valence-electron chi connectivity index (χ3n) is 6.87. The lowest BCUT2D eigenvalue weighted by atomic mass is 10.1. The van der Waals surface area contributed by atoms with Crippen molar-refractivity contribution in [2.75, 3.05) is 13.2 Å². The quantitative estimate of drug-likeness (QED) is 0.582. The monoisotopic (exact) mass is 461 g/mol. The van der Waals surface area contributed by atoms with Gasteiger partial charge < -0.3 is 19.9 Å². The average molecular weight is 462 g/mol. The molecular formula is C26H31N5O3. The van der Waals surface area contributed by atoms with Crippen LogP contribution in [0.25, 0.3) is 22.3 Å². The highest BCUT2D eigenvalue weighted by molar-refractivity contribution is 6.09. The van der Waals surface area contributed by atoms with E-state index in [4.69, 9.17) is 4.74 Å². The number of aryl methyl sites for hydroxylation is 2. The highest BCUT2D eigenvalue weighted by Crippen LogP contribution is 2.37. The summed E-state index contributed by atoms with van der Waals surface area (Å²) in [6.07, 6.45) is 4.68. The molecule has 0 unspecified atom stereocenters. The van der Waals surface area contributed by atoms with E-state index in [2.05, 4.69) is 26.3 Å². The molecule has 2 N–H and O–H groups in total. The zero-order valence-corrected chi connectivity index (χ0v) is 20.1. The van der Waals surface area contributed by atoms with Crippen molar-refractivity contribution in [2.45, 2.75) is 59.0 Å². The first-order valence-corrected chi connectivity index (χ1v) is 12.0. The summed E-state index contributed by atoms with van der Waals surface area (Å²) >= 11 is 0. The lowest BCUT2D eigenvalue weighted by Gasteiger charge is -2.18. The molecule has 34 heavy (non-hydrogen) atoms. The topological polar surface area (TPSA) is 100 Å². The van der Waals surface area contributed by atoms with Crippen LogP contribution in [0.15, 0.2) is 24.5 Å². The van der Waals surface area contributed by atoms with Crippen LogP contribution in [-0.4, -0.2) is 56.9 Å². The van der Waals surface area contributed by atoms with Crippen LogP contribution in [-0.2, 0) is 4.79 Å². The fourth-order valence-electron chi connectivity index (χ4n) is 4.88. The van der Waals surface area contributed by atoms with Gasteiger partial charge in [0.25, 0.3) is 5.91 Å². The number of aromatic nitrogens is 3. The normalized spacial score (nSPS) is 20.1. The zero-order valence-electron chi connectivity index (χ0n) is 20.1.